The maximum absolute atomic E-state index is 13.4. The zero-order valence-corrected chi connectivity index (χ0v) is 21.2. The van der Waals surface area contributed by atoms with Gasteiger partial charge in [-0.1, -0.05) is 61.9 Å². The summed E-state index contributed by atoms with van der Waals surface area (Å²) < 4.78 is 34.9. The Hall–Kier alpha value is -2.64. The SMILES string of the molecule is COc1ccc(C(C)C)cc1S(=O)(=O)NC(Cc1ccccc1)C(=O)NCCC1=CCCCC1. The highest BCUT2D eigenvalue weighted by molar-refractivity contribution is 7.89. The average Bonchev–Trinajstić information content (AvgIpc) is 2.84. The summed E-state index contributed by atoms with van der Waals surface area (Å²) in [6.07, 6.45) is 7.88. The number of allylic oxidation sites excluding steroid dienone is 1. The number of amides is 1. The van der Waals surface area contributed by atoms with Crippen molar-refractivity contribution in [3.05, 3.63) is 71.3 Å². The molecule has 1 atom stereocenters. The van der Waals surface area contributed by atoms with E-state index in [0.717, 1.165) is 30.4 Å². The number of nitrogens with one attached hydrogen (secondary N) is 2. The summed E-state index contributed by atoms with van der Waals surface area (Å²) in [6.45, 7) is 4.49. The van der Waals surface area contributed by atoms with Crippen molar-refractivity contribution in [2.75, 3.05) is 13.7 Å². The van der Waals surface area contributed by atoms with Crippen LogP contribution in [0.15, 0.2) is 65.1 Å². The molecule has 0 spiro atoms. The first-order valence-corrected chi connectivity index (χ1v) is 13.5. The second-order valence-electron chi connectivity index (χ2n) is 9.08. The monoisotopic (exact) mass is 484 g/mol. The molecule has 1 unspecified atom stereocenters. The molecule has 0 saturated carbocycles. The normalized spacial score (nSPS) is 15.0. The molecular formula is C27H36N2O4S. The topological polar surface area (TPSA) is 84.5 Å². The Bertz CT molecular complexity index is 1090. The fraction of sp³-hybridized carbons (Fsp3) is 0.444. The summed E-state index contributed by atoms with van der Waals surface area (Å²) in [5.41, 5.74) is 3.12. The number of sulfonamides is 1. The van der Waals surface area contributed by atoms with Crippen molar-refractivity contribution in [1.29, 1.82) is 0 Å². The van der Waals surface area contributed by atoms with Crippen LogP contribution in [0.3, 0.4) is 0 Å². The first-order valence-electron chi connectivity index (χ1n) is 12.0. The summed E-state index contributed by atoms with van der Waals surface area (Å²) in [5.74, 6) is 0.0696. The van der Waals surface area contributed by atoms with Crippen LogP contribution in [0, 0.1) is 0 Å². The average molecular weight is 485 g/mol. The standard InChI is InChI=1S/C27H36N2O4S/c1-20(2)23-14-15-25(33-3)26(19-23)34(31,32)29-24(18-22-12-8-5-9-13-22)27(30)28-17-16-21-10-6-4-7-11-21/h5,8-10,12-15,19-20,24,29H,4,6-7,11,16-18H2,1-3H3,(H,28,30). The van der Waals surface area contributed by atoms with E-state index in [2.05, 4.69) is 16.1 Å². The van der Waals surface area contributed by atoms with E-state index in [0.29, 0.717) is 6.54 Å². The zero-order chi connectivity index (χ0) is 24.6. The minimum Gasteiger partial charge on any atom is -0.495 e. The van der Waals surface area contributed by atoms with E-state index in [1.165, 1.54) is 25.5 Å². The van der Waals surface area contributed by atoms with Gasteiger partial charge in [-0.15, -0.1) is 0 Å². The number of carbonyl (C=O) groups excluding carboxylic acids is 1. The minimum atomic E-state index is -4.02. The van der Waals surface area contributed by atoms with Crippen LogP contribution in [-0.2, 0) is 21.2 Å². The van der Waals surface area contributed by atoms with Gasteiger partial charge in [0.1, 0.15) is 16.7 Å². The maximum Gasteiger partial charge on any atom is 0.245 e. The molecule has 34 heavy (non-hydrogen) atoms. The largest absolute Gasteiger partial charge is 0.495 e. The Labute approximate surface area is 203 Å². The predicted molar refractivity (Wildman–Crippen MR) is 136 cm³/mol. The molecular weight excluding hydrogens is 448 g/mol. The van der Waals surface area contributed by atoms with Gasteiger partial charge in [-0.05, 0) is 67.7 Å². The summed E-state index contributed by atoms with van der Waals surface area (Å²) >= 11 is 0. The summed E-state index contributed by atoms with van der Waals surface area (Å²) in [5, 5.41) is 2.94. The highest BCUT2D eigenvalue weighted by Gasteiger charge is 2.28. The fourth-order valence-corrected chi connectivity index (χ4v) is 5.55. The van der Waals surface area contributed by atoms with Gasteiger partial charge < -0.3 is 10.1 Å². The Kier molecular flexibility index (Phi) is 9.30. The molecule has 0 radical (unpaired) electrons. The van der Waals surface area contributed by atoms with Gasteiger partial charge in [-0.25, -0.2) is 8.42 Å². The van der Waals surface area contributed by atoms with Crippen LogP contribution in [0.1, 0.15) is 63.0 Å². The highest BCUT2D eigenvalue weighted by atomic mass is 32.2. The molecule has 2 N–H and O–H groups in total. The van der Waals surface area contributed by atoms with E-state index in [1.807, 2.05) is 50.2 Å². The number of benzene rings is 2. The van der Waals surface area contributed by atoms with Crippen LogP contribution in [0.5, 0.6) is 5.75 Å². The quantitative estimate of drug-likeness (QED) is 0.452. The van der Waals surface area contributed by atoms with Gasteiger partial charge >= 0.3 is 0 Å². The van der Waals surface area contributed by atoms with Gasteiger partial charge in [0.15, 0.2) is 0 Å². The van der Waals surface area contributed by atoms with E-state index in [-0.39, 0.29) is 28.9 Å². The molecule has 0 bridgehead atoms. The van der Waals surface area contributed by atoms with Crippen molar-refractivity contribution in [2.45, 2.75) is 69.2 Å². The Morgan fingerprint density at radius 1 is 1.09 bits per heavy atom. The first kappa shape index (κ1) is 26.0. The van der Waals surface area contributed by atoms with E-state index in [1.54, 1.807) is 12.1 Å². The molecule has 1 amide bonds. The van der Waals surface area contributed by atoms with Crippen molar-refractivity contribution in [3.8, 4) is 5.75 Å². The van der Waals surface area contributed by atoms with Crippen molar-refractivity contribution < 1.29 is 17.9 Å². The van der Waals surface area contributed by atoms with Crippen LogP contribution in [0.2, 0.25) is 0 Å². The van der Waals surface area contributed by atoms with Crippen LogP contribution in [-0.4, -0.2) is 34.0 Å². The fourth-order valence-electron chi connectivity index (χ4n) is 4.15. The maximum atomic E-state index is 13.4. The van der Waals surface area contributed by atoms with Crippen LogP contribution in [0.4, 0.5) is 0 Å². The number of hydrogen-bond donors (Lipinski definition) is 2. The number of rotatable bonds is 11. The lowest BCUT2D eigenvalue weighted by molar-refractivity contribution is -0.122. The van der Waals surface area contributed by atoms with Gasteiger partial charge in [0.25, 0.3) is 0 Å². The summed E-state index contributed by atoms with van der Waals surface area (Å²) in [6, 6.07) is 13.6. The molecule has 1 aliphatic rings. The van der Waals surface area contributed by atoms with Gasteiger partial charge in [-0.2, -0.15) is 4.72 Å². The van der Waals surface area contributed by atoms with Crippen LogP contribution >= 0.6 is 0 Å². The van der Waals surface area contributed by atoms with Gasteiger partial charge in [0, 0.05) is 6.54 Å². The molecule has 0 fully saturated rings. The van der Waals surface area contributed by atoms with E-state index < -0.39 is 16.1 Å². The lowest BCUT2D eigenvalue weighted by Gasteiger charge is -2.21. The third-order valence-electron chi connectivity index (χ3n) is 6.17. The first-order chi connectivity index (χ1) is 16.3. The Balaban J connectivity index is 1.80. The highest BCUT2D eigenvalue weighted by Crippen LogP contribution is 2.28. The molecule has 2 aromatic carbocycles. The van der Waals surface area contributed by atoms with Gasteiger partial charge in [0.2, 0.25) is 15.9 Å². The third kappa shape index (κ3) is 7.18. The smallest absolute Gasteiger partial charge is 0.245 e. The molecule has 0 heterocycles. The second kappa shape index (κ2) is 12.2. The molecule has 1 aliphatic carbocycles. The third-order valence-corrected chi connectivity index (χ3v) is 7.66. The van der Waals surface area contributed by atoms with Crippen LogP contribution < -0.4 is 14.8 Å². The number of methoxy groups -OCH3 is 1. The molecule has 0 aliphatic heterocycles. The van der Waals surface area contributed by atoms with Gasteiger partial charge in [0.05, 0.1) is 7.11 Å². The van der Waals surface area contributed by atoms with Crippen molar-refractivity contribution in [2.24, 2.45) is 0 Å². The summed E-state index contributed by atoms with van der Waals surface area (Å²) in [4.78, 5) is 13.2. The molecule has 7 heteroatoms. The molecule has 3 rings (SSSR count). The number of hydrogen-bond acceptors (Lipinski definition) is 4. The molecule has 0 saturated heterocycles. The molecule has 6 nitrogen and oxygen atoms in total. The molecule has 184 valence electrons. The Morgan fingerprint density at radius 3 is 2.50 bits per heavy atom. The van der Waals surface area contributed by atoms with E-state index in [9.17, 15) is 13.2 Å². The van der Waals surface area contributed by atoms with Gasteiger partial charge in [-0.3, -0.25) is 4.79 Å². The van der Waals surface area contributed by atoms with E-state index in [4.69, 9.17) is 4.74 Å². The van der Waals surface area contributed by atoms with Crippen molar-refractivity contribution in [1.82, 2.24) is 10.0 Å². The van der Waals surface area contributed by atoms with Crippen LogP contribution in [0.25, 0.3) is 0 Å². The Morgan fingerprint density at radius 2 is 1.85 bits per heavy atom. The lowest BCUT2D eigenvalue weighted by Crippen LogP contribution is -2.48. The van der Waals surface area contributed by atoms with Crippen molar-refractivity contribution >= 4 is 15.9 Å². The number of carbonyl (C=O) groups is 1. The van der Waals surface area contributed by atoms with E-state index >= 15 is 0 Å². The molecule has 2 aromatic rings. The minimum absolute atomic E-state index is 0.0411. The molecule has 0 aromatic heterocycles. The second-order valence-corrected chi connectivity index (χ2v) is 10.8. The lowest BCUT2D eigenvalue weighted by atomic mass is 9.97. The zero-order valence-electron chi connectivity index (χ0n) is 20.3. The summed E-state index contributed by atoms with van der Waals surface area (Å²) in [7, 11) is -2.57. The number of ether oxygens (including phenoxy) is 1. The predicted octanol–water partition coefficient (Wildman–Crippen LogP) is 4.71. The van der Waals surface area contributed by atoms with Crippen molar-refractivity contribution in [3.63, 3.8) is 0 Å².